The van der Waals surface area contributed by atoms with Gasteiger partial charge in [-0.1, -0.05) is 264 Å². The Balaban J connectivity index is 1.28. The van der Waals surface area contributed by atoms with Crippen LogP contribution in [-0.2, 0) is 19.7 Å². The van der Waals surface area contributed by atoms with Crippen molar-refractivity contribution >= 4 is 138 Å². The number of aryl methyl sites for hydroxylation is 2. The van der Waals surface area contributed by atoms with Gasteiger partial charge in [-0.2, -0.15) is 0 Å². The zero-order valence-corrected chi connectivity index (χ0v) is 62.2. The van der Waals surface area contributed by atoms with Crippen LogP contribution in [0.15, 0.2) is 36.4 Å². The summed E-state index contributed by atoms with van der Waals surface area (Å²) in [6.45, 7) is 13.4. The molecule has 0 aliphatic heterocycles. The van der Waals surface area contributed by atoms with E-state index in [4.69, 9.17) is 0 Å². The van der Waals surface area contributed by atoms with Crippen molar-refractivity contribution in [3.63, 3.8) is 0 Å². The maximum Gasteiger partial charge on any atom is 0.190 e. The molecule has 7 aromatic heterocycles. The van der Waals surface area contributed by atoms with Gasteiger partial charge in [0.15, 0.2) is 23.9 Å². The fraction of sp³-hybridized carbons (Fsp3) is 0.676. The average Bonchev–Trinajstić information content (AvgIpc) is 1.83. The fourth-order valence-electron chi connectivity index (χ4n) is 12.8. The van der Waals surface area contributed by atoms with E-state index in [1.165, 1.54) is 257 Å². The van der Waals surface area contributed by atoms with Gasteiger partial charge in [-0.15, -0.1) is 79.4 Å². The summed E-state index contributed by atoms with van der Waals surface area (Å²) in [5.74, 6) is -0.249. The molecule has 0 N–H and O–H groups in total. The molecule has 0 fully saturated rings. The normalized spacial score (nSPS) is 12.4. The molecule has 0 bridgehead atoms. The van der Waals surface area contributed by atoms with E-state index in [0.29, 0.717) is 17.4 Å². The van der Waals surface area contributed by atoms with Gasteiger partial charge in [-0.3, -0.25) is 0 Å². The lowest BCUT2D eigenvalue weighted by atomic mass is 9.98. The van der Waals surface area contributed by atoms with E-state index in [9.17, 15) is 0 Å². The van der Waals surface area contributed by atoms with Crippen LogP contribution >= 0.6 is 79.4 Å². The molecule has 0 radical (unpaired) electrons. The molecule has 7 rings (SSSR count). The summed E-state index contributed by atoms with van der Waals surface area (Å²) in [6.07, 6.45) is 49.8. The van der Waals surface area contributed by atoms with Gasteiger partial charge >= 0.3 is 0 Å². The first kappa shape index (κ1) is 72.7. The van der Waals surface area contributed by atoms with Gasteiger partial charge in [0.05, 0.1) is 30.3 Å². The van der Waals surface area contributed by atoms with Crippen molar-refractivity contribution in [2.75, 3.05) is 11.5 Å². The van der Waals surface area contributed by atoms with Crippen LogP contribution in [0, 0.1) is 13.8 Å². The van der Waals surface area contributed by atoms with Crippen molar-refractivity contribution in [2.45, 2.75) is 311 Å². The second-order valence-electron chi connectivity index (χ2n) is 25.5. The maximum absolute atomic E-state index is 15.4. The molecule has 0 unspecified atom stereocenters. The third-order valence-electron chi connectivity index (χ3n) is 17.9. The minimum Gasteiger partial charge on any atom is -0.223 e. The molecule has 0 amide bonds. The number of thiophene rings is 7. The second-order valence-corrected chi connectivity index (χ2v) is 37.7. The van der Waals surface area contributed by atoms with E-state index in [1.807, 2.05) is 56.7 Å². The largest absolute Gasteiger partial charge is 0.223 e. The van der Waals surface area contributed by atoms with Crippen LogP contribution in [0.1, 0.15) is 307 Å². The first-order valence-corrected chi connectivity index (χ1v) is 44.3. The minimum absolute atomic E-state index is 0.125. The van der Waals surface area contributed by atoms with Crippen LogP contribution in [0.5, 0.6) is 0 Å². The van der Waals surface area contributed by atoms with Gasteiger partial charge in [-0.25, -0.2) is 16.8 Å². The molecule has 0 aromatic carbocycles. The number of hydrogen-bond acceptors (Lipinski definition) is 11. The summed E-state index contributed by atoms with van der Waals surface area (Å²) < 4.78 is 68.5. The summed E-state index contributed by atoms with van der Waals surface area (Å²) in [4.78, 5) is 9.68. The van der Waals surface area contributed by atoms with Crippen LogP contribution in [0.2, 0.25) is 0 Å². The maximum atomic E-state index is 15.4. The molecule has 7 aromatic rings. The zero-order chi connectivity index (χ0) is 61.7. The molecule has 4 nitrogen and oxygen atoms in total. The van der Waals surface area contributed by atoms with E-state index in [0.717, 1.165) is 89.6 Å². The predicted molar refractivity (Wildman–Crippen MR) is 400 cm³/mol. The van der Waals surface area contributed by atoms with Crippen molar-refractivity contribution in [3.05, 3.63) is 55.2 Å². The number of unbranched alkanes of at least 4 members (excludes halogenated alkanes) is 36. The smallest absolute Gasteiger partial charge is 0.190 e. The first-order chi connectivity index (χ1) is 42.4. The molecular weight excluding hydrogens is 1240 g/mol. The monoisotopic (exact) mass is 1350 g/mol. The van der Waals surface area contributed by atoms with E-state index in [1.54, 1.807) is 11.3 Å². The SMILES string of the molecule is CCCCCCCCCCCCC(CCCCCCCCCCCC)=c1sc(-c2ccc(-c3cc4sc5cc(-c6ccc(C)s6)sc5c4s3)s2)c2c(=C(S(=O)(=O)CCCCCCCCCCCC)S(=O)(=O)CCCCCCCCCCCC)sc(C)c12. The van der Waals surface area contributed by atoms with Crippen LogP contribution in [0.25, 0.3) is 68.6 Å². The van der Waals surface area contributed by atoms with Crippen LogP contribution in [-0.4, -0.2) is 28.3 Å². The highest BCUT2D eigenvalue weighted by Gasteiger charge is 2.34. The second kappa shape index (κ2) is 39.8. The molecule has 0 saturated carbocycles. The van der Waals surface area contributed by atoms with Gasteiger partial charge in [0.2, 0.25) is 0 Å². The quantitative estimate of drug-likeness (QED) is 0.0356. The minimum atomic E-state index is -4.19. The molecule has 87 heavy (non-hydrogen) atoms. The molecular formula is C74H112O4S9. The Labute approximate surface area is 557 Å². The molecule has 0 spiro atoms. The molecule has 486 valence electrons. The molecule has 0 aliphatic carbocycles. The van der Waals surface area contributed by atoms with Gasteiger partial charge in [0.1, 0.15) is 0 Å². The summed E-state index contributed by atoms with van der Waals surface area (Å²) in [5, 5.41) is 2.00. The Morgan fingerprint density at radius 1 is 0.333 bits per heavy atom. The standard InChI is InChI=1S/C74H112O4S9/c1-7-11-15-19-23-27-31-35-39-43-47-59(48-44-40-36-32-28-24-20-16-12-8-2)69-67-58(6)80-73(74(86(75,76)53-45-41-37-33-29-25-21-17-13-9-3)87(77,78)54-46-42-38-34-30-26-22-18-14-10-4)68(67)70(85-69)62-52-51-61(81-62)64-56-66-72(84-64)71-65(82-66)55-63(83-71)60-50-49-57(5)79-60/h49-52,55-56H,7-48,53-54H2,1-6H3. The van der Waals surface area contributed by atoms with E-state index < -0.39 is 19.7 Å². The topological polar surface area (TPSA) is 68.3 Å². The molecule has 0 aliphatic rings. The number of sulfone groups is 2. The number of hydrogen-bond donors (Lipinski definition) is 0. The highest BCUT2D eigenvalue weighted by molar-refractivity contribution is 8.22. The predicted octanol–water partition coefficient (Wildman–Crippen LogP) is 26.7. The van der Waals surface area contributed by atoms with Crippen LogP contribution < -0.4 is 9.06 Å². The van der Waals surface area contributed by atoms with E-state index in [2.05, 4.69) is 77.9 Å². The Kier molecular flexibility index (Phi) is 33.3. The number of fused-ring (bicyclic) bond motifs is 4. The third-order valence-corrected chi connectivity index (χ3v) is 31.7. The summed E-state index contributed by atoms with van der Waals surface area (Å²) in [7, 11) is -8.38. The lowest BCUT2D eigenvalue weighted by Crippen LogP contribution is -2.24. The van der Waals surface area contributed by atoms with Crippen molar-refractivity contribution in [1.82, 2.24) is 0 Å². The summed E-state index contributed by atoms with van der Waals surface area (Å²) in [6, 6.07) is 13.8. The Hall–Kier alpha value is -1.68. The van der Waals surface area contributed by atoms with Gasteiger partial charge in [-0.05, 0) is 88.8 Å². The van der Waals surface area contributed by atoms with Crippen molar-refractivity contribution < 1.29 is 16.8 Å². The average molecular weight is 1350 g/mol. The Morgan fingerprint density at radius 2 is 0.690 bits per heavy atom. The zero-order valence-electron chi connectivity index (χ0n) is 54.9. The molecule has 0 atom stereocenters. The van der Waals surface area contributed by atoms with Gasteiger partial charge in [0, 0.05) is 58.8 Å². The van der Waals surface area contributed by atoms with Gasteiger partial charge < -0.3 is 0 Å². The van der Waals surface area contributed by atoms with Crippen LogP contribution in [0.4, 0.5) is 0 Å². The summed E-state index contributed by atoms with van der Waals surface area (Å²) in [5.41, 5.74) is 1.50. The summed E-state index contributed by atoms with van der Waals surface area (Å²) >= 11 is 12.7. The van der Waals surface area contributed by atoms with Crippen LogP contribution in [0.3, 0.4) is 0 Å². The molecule has 7 heterocycles. The van der Waals surface area contributed by atoms with Crippen molar-refractivity contribution in [3.8, 4) is 29.3 Å². The number of rotatable bonds is 49. The first-order valence-electron chi connectivity index (χ1n) is 35.3. The van der Waals surface area contributed by atoms with E-state index >= 15 is 16.8 Å². The molecule has 0 saturated heterocycles. The van der Waals surface area contributed by atoms with Crippen molar-refractivity contribution in [2.24, 2.45) is 0 Å². The Bertz CT molecular complexity index is 3340. The highest BCUT2D eigenvalue weighted by atomic mass is 32.3. The Morgan fingerprint density at radius 3 is 1.08 bits per heavy atom. The molecule has 13 heteroatoms. The van der Waals surface area contributed by atoms with E-state index in [-0.39, 0.29) is 15.7 Å². The fourth-order valence-corrected chi connectivity index (χ4v) is 26.9. The highest BCUT2D eigenvalue weighted by Crippen LogP contribution is 2.51. The third kappa shape index (κ3) is 22.8. The van der Waals surface area contributed by atoms with Crippen molar-refractivity contribution in [1.29, 1.82) is 0 Å². The van der Waals surface area contributed by atoms with Gasteiger partial charge in [0.25, 0.3) is 0 Å². The lowest BCUT2D eigenvalue weighted by molar-refractivity contribution is 0.553. The lowest BCUT2D eigenvalue weighted by Gasteiger charge is -2.11.